The number of nitrogens with zero attached hydrogens (tertiary/aromatic N) is 2. The van der Waals surface area contributed by atoms with Crippen molar-refractivity contribution >= 4 is 11.8 Å². The number of carbonyl (C=O) groups excluding carboxylic acids is 1. The van der Waals surface area contributed by atoms with Crippen LogP contribution >= 0.6 is 0 Å². The Morgan fingerprint density at radius 3 is 2.20 bits per heavy atom. The van der Waals surface area contributed by atoms with Crippen molar-refractivity contribution in [3.63, 3.8) is 0 Å². The van der Waals surface area contributed by atoms with Gasteiger partial charge in [0.1, 0.15) is 17.8 Å². The van der Waals surface area contributed by atoms with Crippen LogP contribution in [0.1, 0.15) is 72.9 Å². The number of carboxylic acids is 1. The van der Waals surface area contributed by atoms with Gasteiger partial charge in [0.05, 0.1) is 12.5 Å². The molecule has 0 aliphatic carbocycles. The number of halogens is 4. The highest BCUT2D eigenvalue weighted by Gasteiger charge is 2.30. The van der Waals surface area contributed by atoms with Gasteiger partial charge in [-0.3, -0.25) is 19.3 Å². The van der Waals surface area contributed by atoms with Gasteiger partial charge < -0.3 is 9.67 Å². The molecule has 1 saturated heterocycles. The average Bonchev–Trinajstić information content (AvgIpc) is 2.92. The molecule has 0 radical (unpaired) electrons. The van der Waals surface area contributed by atoms with Crippen LogP contribution in [0.2, 0.25) is 0 Å². The summed E-state index contributed by atoms with van der Waals surface area (Å²) in [5.41, 5.74) is 2.58. The van der Waals surface area contributed by atoms with Gasteiger partial charge in [0, 0.05) is 32.3 Å². The minimum absolute atomic E-state index is 0.0220. The van der Waals surface area contributed by atoms with Crippen LogP contribution in [0, 0.1) is 44.1 Å². The lowest BCUT2D eigenvalue weighted by atomic mass is 9.84. The number of benzene rings is 2. The second-order valence-corrected chi connectivity index (χ2v) is 12.6. The van der Waals surface area contributed by atoms with Crippen molar-refractivity contribution in [1.82, 2.24) is 9.47 Å². The van der Waals surface area contributed by atoms with E-state index in [0.29, 0.717) is 53.9 Å². The third-order valence-corrected chi connectivity index (χ3v) is 8.62. The highest BCUT2D eigenvalue weighted by Crippen LogP contribution is 2.36. The van der Waals surface area contributed by atoms with E-state index in [-0.39, 0.29) is 24.0 Å². The van der Waals surface area contributed by atoms with Crippen LogP contribution in [0.3, 0.4) is 0 Å². The fourth-order valence-electron chi connectivity index (χ4n) is 6.44. The number of hydrogen-bond donors (Lipinski definition) is 1. The number of carboxylic acid groups (broad SMARTS) is 1. The highest BCUT2D eigenvalue weighted by atomic mass is 19.1. The number of hydrogen-bond acceptors (Lipinski definition) is 4. The molecule has 10 heteroatoms. The third kappa shape index (κ3) is 7.90. The molecule has 2 heterocycles. The SMILES string of the molecule is Cc1cc(-c2c(C)cc(F)cc2C)cc([C@@H](CCC(=O)C(C(C)C)n2cc(CCN3CC(F)C3)cc(F)c2=O)CC(=O)O)c1F. The molecule has 0 amide bonds. The molecule has 6 nitrogen and oxygen atoms in total. The van der Waals surface area contributed by atoms with Crippen LogP contribution in [0.4, 0.5) is 17.6 Å². The molecule has 0 saturated carbocycles. The van der Waals surface area contributed by atoms with Crippen molar-refractivity contribution in [3.05, 3.63) is 92.2 Å². The van der Waals surface area contributed by atoms with Gasteiger partial charge in [0.15, 0.2) is 11.6 Å². The molecule has 1 unspecified atom stereocenters. The predicted molar refractivity (Wildman–Crippen MR) is 165 cm³/mol. The van der Waals surface area contributed by atoms with E-state index in [2.05, 4.69) is 0 Å². The third-order valence-electron chi connectivity index (χ3n) is 8.62. The van der Waals surface area contributed by atoms with E-state index in [0.717, 1.165) is 10.6 Å². The number of pyridine rings is 1. The molecule has 45 heavy (non-hydrogen) atoms. The van der Waals surface area contributed by atoms with Gasteiger partial charge in [0.25, 0.3) is 5.56 Å². The number of Topliss-reactive ketones (excluding diaryl/α,β-unsaturated/α-hetero) is 1. The number of aryl methyl sites for hydroxylation is 3. The largest absolute Gasteiger partial charge is 0.481 e. The lowest BCUT2D eigenvalue weighted by Crippen LogP contribution is -2.49. The van der Waals surface area contributed by atoms with Crippen molar-refractivity contribution in [1.29, 1.82) is 0 Å². The van der Waals surface area contributed by atoms with Crippen molar-refractivity contribution in [2.45, 2.75) is 78.4 Å². The van der Waals surface area contributed by atoms with Gasteiger partial charge in [-0.25, -0.2) is 17.6 Å². The van der Waals surface area contributed by atoms with Gasteiger partial charge in [-0.1, -0.05) is 13.8 Å². The maximum Gasteiger partial charge on any atom is 0.303 e. The van der Waals surface area contributed by atoms with Gasteiger partial charge in [0.2, 0.25) is 0 Å². The van der Waals surface area contributed by atoms with E-state index in [9.17, 15) is 32.7 Å². The van der Waals surface area contributed by atoms with Crippen molar-refractivity contribution < 1.29 is 32.3 Å². The molecule has 1 aliphatic heterocycles. The Bertz CT molecular complexity index is 1620. The van der Waals surface area contributed by atoms with Gasteiger partial charge in [-0.05, 0) is 115 Å². The van der Waals surface area contributed by atoms with E-state index >= 15 is 4.39 Å². The van der Waals surface area contributed by atoms with Crippen LogP contribution in [-0.2, 0) is 16.0 Å². The number of aliphatic carboxylic acids is 1. The average molecular weight is 629 g/mol. The van der Waals surface area contributed by atoms with Crippen LogP contribution in [0.25, 0.3) is 11.1 Å². The summed E-state index contributed by atoms with van der Waals surface area (Å²) in [4.78, 5) is 40.3. The molecule has 2 aromatic carbocycles. The molecular weight excluding hydrogens is 588 g/mol. The first-order valence-corrected chi connectivity index (χ1v) is 15.2. The monoisotopic (exact) mass is 628 g/mol. The number of carbonyl (C=O) groups is 2. The summed E-state index contributed by atoms with van der Waals surface area (Å²) in [6.07, 6.45) is 0.315. The Kier molecular flexibility index (Phi) is 10.7. The van der Waals surface area contributed by atoms with Gasteiger partial charge >= 0.3 is 5.97 Å². The van der Waals surface area contributed by atoms with Crippen LogP contribution in [-0.4, -0.2) is 52.1 Å². The Morgan fingerprint density at radius 2 is 1.62 bits per heavy atom. The molecule has 242 valence electrons. The first kappa shape index (κ1) is 34.1. The van der Waals surface area contributed by atoms with Crippen molar-refractivity contribution in [3.8, 4) is 11.1 Å². The molecule has 3 aromatic rings. The summed E-state index contributed by atoms with van der Waals surface area (Å²) in [6, 6.07) is 6.07. The Labute approximate surface area is 260 Å². The minimum Gasteiger partial charge on any atom is -0.481 e. The maximum atomic E-state index is 15.6. The number of rotatable bonds is 13. The van der Waals surface area contributed by atoms with Crippen LogP contribution in [0.15, 0.2) is 41.3 Å². The first-order valence-electron chi connectivity index (χ1n) is 15.2. The summed E-state index contributed by atoms with van der Waals surface area (Å²) >= 11 is 0. The van der Waals surface area contributed by atoms with Crippen LogP contribution < -0.4 is 5.56 Å². The molecule has 1 aliphatic rings. The quantitative estimate of drug-likeness (QED) is 0.209. The fraction of sp³-hybridized carbons (Fsp3) is 0.457. The minimum atomic E-state index is -1.17. The molecule has 1 aromatic heterocycles. The summed E-state index contributed by atoms with van der Waals surface area (Å²) in [5.74, 6) is -4.83. The Morgan fingerprint density at radius 1 is 0.978 bits per heavy atom. The smallest absolute Gasteiger partial charge is 0.303 e. The lowest BCUT2D eigenvalue weighted by Gasteiger charge is -2.34. The number of likely N-dealkylation sites (tertiary alicyclic amines) is 1. The number of ketones is 1. The summed E-state index contributed by atoms with van der Waals surface area (Å²) in [5, 5.41) is 9.71. The summed E-state index contributed by atoms with van der Waals surface area (Å²) in [6.45, 7) is 9.61. The van der Waals surface area contributed by atoms with E-state index in [1.807, 2.05) is 4.90 Å². The summed E-state index contributed by atoms with van der Waals surface area (Å²) in [7, 11) is 0. The Balaban J connectivity index is 1.62. The molecule has 2 atom stereocenters. The highest BCUT2D eigenvalue weighted by molar-refractivity contribution is 5.83. The molecular formula is C35H40F4N2O4. The maximum absolute atomic E-state index is 15.6. The predicted octanol–water partition coefficient (Wildman–Crippen LogP) is 6.86. The van der Waals surface area contributed by atoms with Crippen molar-refractivity contribution in [2.75, 3.05) is 19.6 Å². The van der Waals surface area contributed by atoms with Crippen LogP contribution in [0.5, 0.6) is 0 Å². The molecule has 1 fully saturated rings. The molecule has 0 spiro atoms. The molecule has 4 rings (SSSR count). The van der Waals surface area contributed by atoms with E-state index in [1.54, 1.807) is 46.8 Å². The molecule has 1 N–H and O–H groups in total. The zero-order valence-corrected chi connectivity index (χ0v) is 26.3. The van der Waals surface area contributed by atoms with Crippen molar-refractivity contribution in [2.24, 2.45) is 5.92 Å². The zero-order chi connectivity index (χ0) is 33.2. The standard InChI is InChI=1S/C35H40F4N2O4/c1-19(2)34(41-16-23(13-29(38)35(41)45)8-9-40-17-27(37)18-40)30(42)7-6-24(15-31(43)44)28-14-25(10-22(5)33(28)39)32-20(3)11-26(36)12-21(32)4/h10-14,16,19,24,27,34H,6-9,15,17-18H2,1-5H3,(H,43,44)/t24-,34?/m0/s1. The zero-order valence-electron chi connectivity index (χ0n) is 26.3. The van der Waals surface area contributed by atoms with E-state index in [4.69, 9.17) is 0 Å². The normalized spacial score (nSPS) is 15.2. The number of aromatic nitrogens is 1. The summed E-state index contributed by atoms with van der Waals surface area (Å²) < 4.78 is 58.7. The molecule has 0 bridgehead atoms. The van der Waals surface area contributed by atoms with Gasteiger partial charge in [-0.2, -0.15) is 0 Å². The Hall–Kier alpha value is -3.79. The van der Waals surface area contributed by atoms with E-state index < -0.39 is 65.2 Å². The number of alkyl halides is 1. The topological polar surface area (TPSA) is 79.6 Å². The van der Waals surface area contributed by atoms with E-state index in [1.165, 1.54) is 18.3 Å². The van der Waals surface area contributed by atoms with Gasteiger partial charge in [-0.15, -0.1) is 0 Å². The first-order chi connectivity index (χ1) is 21.2. The second-order valence-electron chi connectivity index (χ2n) is 12.6. The fourth-order valence-corrected chi connectivity index (χ4v) is 6.44. The lowest BCUT2D eigenvalue weighted by molar-refractivity contribution is -0.137. The second kappa shape index (κ2) is 14.1.